The Bertz CT molecular complexity index is 1160. The molecule has 0 aliphatic heterocycles. The summed E-state index contributed by atoms with van der Waals surface area (Å²) in [5.74, 6) is -0.681. The highest BCUT2D eigenvalue weighted by atomic mass is 79.9. The van der Waals surface area contributed by atoms with Gasteiger partial charge in [-0.15, -0.1) is 0 Å². The summed E-state index contributed by atoms with van der Waals surface area (Å²) in [5, 5.41) is 0. The highest BCUT2D eigenvalue weighted by Crippen LogP contribution is 2.22. The SMILES string of the molecule is CCn1c(=NC(=O)CCS(=O)(=O)c2ccc(C)cc2)sc2cc(Br)ccc21. The summed E-state index contributed by atoms with van der Waals surface area (Å²) in [7, 11) is -3.50. The monoisotopic (exact) mass is 466 g/mol. The van der Waals surface area contributed by atoms with Crippen molar-refractivity contribution in [2.45, 2.75) is 31.7 Å². The number of hydrogen-bond donors (Lipinski definition) is 0. The van der Waals surface area contributed by atoms with Gasteiger partial charge < -0.3 is 4.57 Å². The number of sulfone groups is 1. The van der Waals surface area contributed by atoms with Crippen LogP contribution in [0.4, 0.5) is 0 Å². The highest BCUT2D eigenvalue weighted by molar-refractivity contribution is 9.10. The van der Waals surface area contributed by atoms with Crippen LogP contribution in [-0.4, -0.2) is 24.6 Å². The molecule has 0 spiro atoms. The van der Waals surface area contributed by atoms with E-state index in [2.05, 4.69) is 20.9 Å². The number of nitrogens with zero attached hydrogens (tertiary/aromatic N) is 2. The molecule has 8 heteroatoms. The first-order valence-electron chi connectivity index (χ1n) is 8.46. The van der Waals surface area contributed by atoms with Crippen LogP contribution in [0.2, 0.25) is 0 Å². The maximum Gasteiger partial charge on any atom is 0.249 e. The third kappa shape index (κ3) is 4.56. The molecular weight excluding hydrogens is 448 g/mol. The van der Waals surface area contributed by atoms with Crippen LogP contribution in [0.5, 0.6) is 0 Å². The molecule has 27 heavy (non-hydrogen) atoms. The molecule has 0 aliphatic carbocycles. The summed E-state index contributed by atoms with van der Waals surface area (Å²) in [6, 6.07) is 12.5. The lowest BCUT2D eigenvalue weighted by Gasteiger charge is -2.03. The molecule has 3 aromatic rings. The number of carbonyl (C=O) groups is 1. The summed E-state index contributed by atoms with van der Waals surface area (Å²) in [6.45, 7) is 4.56. The molecule has 1 heterocycles. The molecule has 0 atom stereocenters. The van der Waals surface area contributed by atoms with Crippen molar-refractivity contribution in [3.8, 4) is 0 Å². The Labute approximate surface area is 170 Å². The molecular formula is C19H19BrN2O3S2. The zero-order valence-corrected chi connectivity index (χ0v) is 18.2. The number of aryl methyl sites for hydroxylation is 2. The van der Waals surface area contributed by atoms with Crippen LogP contribution < -0.4 is 4.80 Å². The summed E-state index contributed by atoms with van der Waals surface area (Å²) < 4.78 is 28.7. The second-order valence-electron chi connectivity index (χ2n) is 6.13. The van der Waals surface area contributed by atoms with Crippen LogP contribution in [-0.2, 0) is 21.2 Å². The Kier molecular flexibility index (Phi) is 5.98. The summed E-state index contributed by atoms with van der Waals surface area (Å²) in [4.78, 5) is 17.3. The zero-order chi connectivity index (χ0) is 19.6. The van der Waals surface area contributed by atoms with Gasteiger partial charge in [-0.3, -0.25) is 4.79 Å². The minimum Gasteiger partial charge on any atom is -0.317 e. The number of halogens is 1. The van der Waals surface area contributed by atoms with E-state index >= 15 is 0 Å². The Morgan fingerprint density at radius 1 is 1.19 bits per heavy atom. The molecule has 0 fully saturated rings. The van der Waals surface area contributed by atoms with Crippen LogP contribution in [0, 0.1) is 6.92 Å². The van der Waals surface area contributed by atoms with Crippen molar-refractivity contribution in [2.24, 2.45) is 4.99 Å². The predicted octanol–water partition coefficient (Wildman–Crippen LogP) is 4.08. The second-order valence-corrected chi connectivity index (χ2v) is 10.2. The van der Waals surface area contributed by atoms with Crippen LogP contribution in [0.15, 0.2) is 56.8 Å². The molecule has 0 saturated heterocycles. The lowest BCUT2D eigenvalue weighted by Crippen LogP contribution is -2.17. The minimum absolute atomic E-state index is 0.141. The van der Waals surface area contributed by atoms with Crippen LogP contribution in [0.25, 0.3) is 10.2 Å². The molecule has 0 aliphatic rings. The van der Waals surface area contributed by atoms with Gasteiger partial charge in [-0.05, 0) is 44.2 Å². The van der Waals surface area contributed by atoms with E-state index < -0.39 is 15.7 Å². The number of amides is 1. The molecule has 0 radical (unpaired) electrons. The standard InChI is InChI=1S/C19H19BrN2O3S2/c1-3-22-16-9-6-14(20)12-17(16)26-19(22)21-18(23)10-11-27(24,25)15-7-4-13(2)5-8-15/h4-9,12H,3,10-11H2,1-2H3. The molecule has 0 N–H and O–H groups in total. The van der Waals surface area contributed by atoms with Gasteiger partial charge in [-0.25, -0.2) is 8.42 Å². The molecule has 5 nitrogen and oxygen atoms in total. The quantitative estimate of drug-likeness (QED) is 0.568. The summed E-state index contributed by atoms with van der Waals surface area (Å²) >= 11 is 4.86. The first-order valence-corrected chi connectivity index (χ1v) is 11.7. The average molecular weight is 467 g/mol. The zero-order valence-electron chi connectivity index (χ0n) is 15.0. The van der Waals surface area contributed by atoms with Gasteiger partial charge in [0.15, 0.2) is 14.6 Å². The van der Waals surface area contributed by atoms with Crippen molar-refractivity contribution < 1.29 is 13.2 Å². The number of thiazole rings is 1. The number of hydrogen-bond acceptors (Lipinski definition) is 4. The molecule has 1 amide bonds. The van der Waals surface area contributed by atoms with E-state index in [4.69, 9.17) is 0 Å². The molecule has 0 unspecified atom stereocenters. The van der Waals surface area contributed by atoms with Gasteiger partial charge in [0.2, 0.25) is 5.91 Å². The molecule has 0 bridgehead atoms. The normalized spacial score (nSPS) is 12.6. The van der Waals surface area contributed by atoms with E-state index in [0.29, 0.717) is 11.3 Å². The molecule has 0 saturated carbocycles. The van der Waals surface area contributed by atoms with Gasteiger partial charge in [-0.1, -0.05) is 45.0 Å². The Morgan fingerprint density at radius 3 is 2.56 bits per heavy atom. The first kappa shape index (κ1) is 20.0. The molecule has 3 rings (SSSR count). The average Bonchev–Trinajstić information content (AvgIpc) is 2.96. The van der Waals surface area contributed by atoms with Crippen LogP contribution in [0.3, 0.4) is 0 Å². The highest BCUT2D eigenvalue weighted by Gasteiger charge is 2.16. The third-order valence-electron chi connectivity index (χ3n) is 4.15. The summed E-state index contributed by atoms with van der Waals surface area (Å²) in [6.07, 6.45) is -0.141. The maximum absolute atomic E-state index is 12.4. The van der Waals surface area contributed by atoms with Gasteiger partial charge in [0.25, 0.3) is 0 Å². The fourth-order valence-corrected chi connectivity index (χ4v) is 5.58. The number of rotatable bonds is 5. The van der Waals surface area contributed by atoms with E-state index in [-0.39, 0.29) is 17.1 Å². The lowest BCUT2D eigenvalue weighted by molar-refractivity contribution is -0.117. The van der Waals surface area contributed by atoms with E-state index in [1.54, 1.807) is 24.3 Å². The lowest BCUT2D eigenvalue weighted by atomic mass is 10.2. The molecule has 2 aromatic carbocycles. The number of benzene rings is 2. The second kappa shape index (κ2) is 8.08. The molecule has 142 valence electrons. The Hall–Kier alpha value is -1.77. The number of carbonyl (C=O) groups excluding carboxylic acids is 1. The van der Waals surface area contributed by atoms with E-state index in [0.717, 1.165) is 20.3 Å². The fourth-order valence-electron chi connectivity index (χ4n) is 2.69. The van der Waals surface area contributed by atoms with Crippen LogP contribution >= 0.6 is 27.3 Å². The van der Waals surface area contributed by atoms with Gasteiger partial charge in [0.1, 0.15) is 0 Å². The van der Waals surface area contributed by atoms with E-state index in [1.165, 1.54) is 11.3 Å². The van der Waals surface area contributed by atoms with Gasteiger partial charge in [0, 0.05) is 17.4 Å². The topological polar surface area (TPSA) is 68.5 Å². The fraction of sp³-hybridized carbons (Fsp3) is 0.263. The maximum atomic E-state index is 12.4. The van der Waals surface area contributed by atoms with Crippen molar-refractivity contribution >= 4 is 53.2 Å². The minimum atomic E-state index is -3.50. The van der Waals surface area contributed by atoms with E-state index in [9.17, 15) is 13.2 Å². The molecule has 1 aromatic heterocycles. The van der Waals surface area contributed by atoms with Crippen molar-refractivity contribution in [3.05, 3.63) is 57.3 Å². The smallest absolute Gasteiger partial charge is 0.249 e. The van der Waals surface area contributed by atoms with Gasteiger partial charge in [-0.2, -0.15) is 4.99 Å². The largest absolute Gasteiger partial charge is 0.317 e. The third-order valence-corrected chi connectivity index (χ3v) is 7.41. The van der Waals surface area contributed by atoms with Crippen molar-refractivity contribution in [1.82, 2.24) is 4.57 Å². The summed E-state index contributed by atoms with van der Waals surface area (Å²) in [5.41, 5.74) is 1.99. The van der Waals surface area contributed by atoms with Gasteiger partial charge >= 0.3 is 0 Å². The van der Waals surface area contributed by atoms with E-state index in [1.807, 2.05) is 36.6 Å². The van der Waals surface area contributed by atoms with Crippen molar-refractivity contribution in [1.29, 1.82) is 0 Å². The predicted molar refractivity (Wildman–Crippen MR) is 112 cm³/mol. The van der Waals surface area contributed by atoms with Crippen molar-refractivity contribution in [3.63, 3.8) is 0 Å². The van der Waals surface area contributed by atoms with Crippen LogP contribution in [0.1, 0.15) is 18.9 Å². The van der Waals surface area contributed by atoms with Gasteiger partial charge in [0.05, 0.1) is 20.9 Å². The number of fused-ring (bicyclic) bond motifs is 1. The Balaban J connectivity index is 1.83. The van der Waals surface area contributed by atoms with Crippen molar-refractivity contribution in [2.75, 3.05) is 5.75 Å². The number of aromatic nitrogens is 1. The first-order chi connectivity index (χ1) is 12.8. The Morgan fingerprint density at radius 2 is 1.89 bits per heavy atom.